The highest BCUT2D eigenvalue weighted by molar-refractivity contribution is 7.91. The van der Waals surface area contributed by atoms with Crippen LogP contribution in [0.5, 0.6) is 0 Å². The summed E-state index contributed by atoms with van der Waals surface area (Å²) >= 11 is 0. The van der Waals surface area contributed by atoms with Crippen LogP contribution in [0.1, 0.15) is 0 Å². The lowest BCUT2D eigenvalue weighted by Crippen LogP contribution is -2.47. The van der Waals surface area contributed by atoms with Crippen LogP contribution in [0.15, 0.2) is 88.8 Å². The number of benzene rings is 3. The van der Waals surface area contributed by atoms with Crippen molar-refractivity contribution in [2.75, 3.05) is 36.0 Å². The van der Waals surface area contributed by atoms with E-state index in [0.29, 0.717) is 42.8 Å². The van der Waals surface area contributed by atoms with Crippen LogP contribution in [0, 0.1) is 11.6 Å². The Morgan fingerprint density at radius 2 is 1.39 bits per heavy atom. The minimum Gasteiger partial charge on any atom is -0.368 e. The number of piperazine rings is 1. The van der Waals surface area contributed by atoms with Gasteiger partial charge in [-0.05, 0) is 48.5 Å². The Kier molecular flexibility index (Phi) is 5.46. The van der Waals surface area contributed by atoms with E-state index < -0.39 is 15.7 Å². The maximum atomic E-state index is 14.2. The molecule has 1 aromatic heterocycles. The number of H-pyrrole nitrogens is 1. The van der Waals surface area contributed by atoms with Crippen molar-refractivity contribution in [1.82, 2.24) is 0 Å². The summed E-state index contributed by atoms with van der Waals surface area (Å²) in [5, 5.41) is 0.516. The normalized spacial score (nSPS) is 14.6. The Bertz CT molecular complexity index is 1400. The number of aromatic amines is 1. The van der Waals surface area contributed by atoms with Gasteiger partial charge in [-0.1, -0.05) is 18.2 Å². The van der Waals surface area contributed by atoms with Crippen LogP contribution in [-0.4, -0.2) is 34.6 Å². The Hall–Kier alpha value is -3.52. The second-order valence-corrected chi connectivity index (χ2v) is 9.88. The monoisotopic (exact) mass is 466 g/mol. The number of rotatable bonds is 4. The molecular weight excluding hydrogens is 444 g/mol. The van der Waals surface area contributed by atoms with Crippen molar-refractivity contribution < 1.29 is 22.2 Å². The largest absolute Gasteiger partial charge is 0.368 e. The molecule has 1 aliphatic heterocycles. The van der Waals surface area contributed by atoms with E-state index in [0.717, 1.165) is 5.69 Å². The summed E-state index contributed by atoms with van der Waals surface area (Å²) in [6.45, 7) is 2.30. The smallest absolute Gasteiger partial charge is 0.214 e. The minimum atomic E-state index is -3.84. The van der Waals surface area contributed by atoms with Gasteiger partial charge in [0, 0.05) is 37.9 Å². The fourth-order valence-electron chi connectivity index (χ4n) is 4.28. The lowest BCUT2D eigenvalue weighted by Gasteiger charge is -2.38. The second-order valence-electron chi connectivity index (χ2n) is 7.96. The topological polar surface area (TPSA) is 54.8 Å². The van der Waals surface area contributed by atoms with E-state index in [1.54, 1.807) is 48.5 Å². The van der Waals surface area contributed by atoms with Gasteiger partial charge < -0.3 is 9.80 Å². The van der Waals surface area contributed by atoms with Crippen molar-refractivity contribution >= 4 is 32.1 Å². The highest BCUT2D eigenvalue weighted by Gasteiger charge is 2.31. The Labute approximate surface area is 190 Å². The minimum absolute atomic E-state index is 0.113. The summed E-state index contributed by atoms with van der Waals surface area (Å²) in [5.74, 6) is -0.724. The number of hydrogen-bond donors (Lipinski definition) is 0. The molecule has 5 rings (SSSR count). The van der Waals surface area contributed by atoms with Gasteiger partial charge in [-0.2, -0.15) is 0 Å². The number of sulfone groups is 1. The van der Waals surface area contributed by atoms with Crippen molar-refractivity contribution in [3.63, 3.8) is 0 Å². The van der Waals surface area contributed by atoms with E-state index in [1.807, 2.05) is 4.90 Å². The number of nitrogens with one attached hydrogen (secondary N) is 1. The number of halogens is 2. The molecule has 2 heterocycles. The molecule has 3 aromatic carbocycles. The molecule has 0 amide bonds. The first-order chi connectivity index (χ1) is 15.9. The summed E-state index contributed by atoms with van der Waals surface area (Å²) in [4.78, 5) is 7.43. The van der Waals surface area contributed by atoms with E-state index in [2.05, 4.69) is 9.88 Å². The molecule has 1 saturated heterocycles. The lowest BCUT2D eigenvalue weighted by atomic mass is 10.1. The van der Waals surface area contributed by atoms with Crippen molar-refractivity contribution in [1.29, 1.82) is 0 Å². The Balaban J connectivity index is 1.57. The molecule has 8 heteroatoms. The zero-order valence-corrected chi connectivity index (χ0v) is 18.5. The number of hydrogen-bond acceptors (Lipinski definition) is 4. The summed E-state index contributed by atoms with van der Waals surface area (Å²) < 4.78 is 54.6. The average Bonchev–Trinajstić information content (AvgIpc) is 2.84. The average molecular weight is 467 g/mol. The zero-order valence-electron chi connectivity index (χ0n) is 17.7. The zero-order chi connectivity index (χ0) is 23.0. The van der Waals surface area contributed by atoms with E-state index >= 15 is 0 Å². The van der Waals surface area contributed by atoms with Crippen LogP contribution in [0.2, 0.25) is 0 Å². The van der Waals surface area contributed by atoms with Gasteiger partial charge in [0.1, 0.15) is 11.6 Å². The van der Waals surface area contributed by atoms with Gasteiger partial charge in [0.15, 0.2) is 11.1 Å². The van der Waals surface area contributed by atoms with Crippen molar-refractivity contribution in [2.24, 2.45) is 0 Å². The maximum absolute atomic E-state index is 14.2. The molecule has 0 unspecified atom stereocenters. The highest BCUT2D eigenvalue weighted by Crippen LogP contribution is 2.36. The quantitative estimate of drug-likeness (QED) is 0.455. The first-order valence-electron chi connectivity index (χ1n) is 10.6. The van der Waals surface area contributed by atoms with Crippen LogP contribution < -0.4 is 14.8 Å². The van der Waals surface area contributed by atoms with Crippen LogP contribution >= 0.6 is 0 Å². The van der Waals surface area contributed by atoms with Gasteiger partial charge in [-0.3, -0.25) is 0 Å². The fraction of sp³-hybridized carbons (Fsp3) is 0.160. The second kappa shape index (κ2) is 8.44. The predicted octanol–water partition coefficient (Wildman–Crippen LogP) is 4.09. The molecule has 1 N–H and O–H groups in total. The molecule has 5 nitrogen and oxygen atoms in total. The summed E-state index contributed by atoms with van der Waals surface area (Å²) in [7, 11) is -3.84. The third-order valence-electron chi connectivity index (χ3n) is 5.96. The van der Waals surface area contributed by atoms with Gasteiger partial charge in [0.25, 0.3) is 0 Å². The lowest BCUT2D eigenvalue weighted by molar-refractivity contribution is -0.347. The molecule has 0 radical (unpaired) electrons. The third kappa shape index (κ3) is 4.02. The number of fused-ring (bicyclic) bond motifs is 1. The van der Waals surface area contributed by atoms with Gasteiger partial charge in [-0.15, -0.1) is 0 Å². The molecule has 0 aliphatic carbocycles. The molecule has 33 heavy (non-hydrogen) atoms. The molecule has 0 atom stereocenters. The number of pyridine rings is 1. The molecule has 4 aromatic rings. The van der Waals surface area contributed by atoms with E-state index in [4.69, 9.17) is 0 Å². The number of anilines is 2. The van der Waals surface area contributed by atoms with Gasteiger partial charge >= 0.3 is 0 Å². The van der Waals surface area contributed by atoms with Gasteiger partial charge in [-0.25, -0.2) is 22.2 Å². The van der Waals surface area contributed by atoms with Crippen molar-refractivity contribution in [2.45, 2.75) is 9.79 Å². The SMILES string of the molecule is O=S(=O)(c1ccccc1)c1c[nH+]c2ccc(F)cc2c1N1CCN(c2ccc(F)cc2)CC1. The van der Waals surface area contributed by atoms with Crippen LogP contribution in [-0.2, 0) is 9.84 Å². The molecule has 0 spiro atoms. The van der Waals surface area contributed by atoms with E-state index in [9.17, 15) is 17.2 Å². The van der Waals surface area contributed by atoms with Crippen molar-refractivity contribution in [3.05, 3.63) is 90.6 Å². The first-order valence-corrected chi connectivity index (χ1v) is 12.1. The molecule has 168 valence electrons. The standard InChI is InChI=1S/C25H21F2N3O2S/c26-18-6-9-20(10-7-18)29-12-14-30(15-13-29)25-22-16-19(27)8-11-23(22)28-17-24(25)33(31,32)21-4-2-1-3-5-21/h1-11,16-17H,12-15H2/p+1. The molecule has 0 saturated carbocycles. The molecule has 1 fully saturated rings. The van der Waals surface area contributed by atoms with Crippen molar-refractivity contribution in [3.8, 4) is 0 Å². The third-order valence-corrected chi connectivity index (χ3v) is 7.74. The molecule has 1 aliphatic rings. The maximum Gasteiger partial charge on any atom is 0.214 e. The number of nitrogens with zero attached hydrogens (tertiary/aromatic N) is 2. The van der Waals surface area contributed by atoms with Gasteiger partial charge in [0.2, 0.25) is 15.4 Å². The fourth-order valence-corrected chi connectivity index (χ4v) is 5.76. The van der Waals surface area contributed by atoms with Gasteiger partial charge in [0.05, 0.1) is 16.0 Å². The first kappa shape index (κ1) is 21.3. The van der Waals surface area contributed by atoms with Crippen LogP contribution in [0.3, 0.4) is 0 Å². The highest BCUT2D eigenvalue weighted by atomic mass is 32.2. The molecule has 0 bridgehead atoms. The van der Waals surface area contributed by atoms with Crippen LogP contribution in [0.4, 0.5) is 20.2 Å². The number of aromatic nitrogens is 1. The van der Waals surface area contributed by atoms with E-state index in [1.165, 1.54) is 30.5 Å². The summed E-state index contributed by atoms with van der Waals surface area (Å²) in [5.41, 5.74) is 2.05. The van der Waals surface area contributed by atoms with E-state index in [-0.39, 0.29) is 15.6 Å². The predicted molar refractivity (Wildman–Crippen MR) is 123 cm³/mol. The molecular formula is C25H22F2N3O2S+. The Morgan fingerprint density at radius 1 is 0.758 bits per heavy atom. The summed E-state index contributed by atoms with van der Waals surface area (Å²) in [6, 6.07) is 18.9. The summed E-state index contributed by atoms with van der Waals surface area (Å²) in [6.07, 6.45) is 1.49. The van der Waals surface area contributed by atoms with Crippen LogP contribution in [0.25, 0.3) is 10.9 Å². The Morgan fingerprint density at radius 3 is 2.09 bits per heavy atom.